The summed E-state index contributed by atoms with van der Waals surface area (Å²) in [4.78, 5) is 17.0. The second kappa shape index (κ2) is 6.60. The third kappa shape index (κ3) is 3.08. The van der Waals surface area contributed by atoms with Gasteiger partial charge in [-0.3, -0.25) is 9.69 Å². The van der Waals surface area contributed by atoms with E-state index in [9.17, 15) is 13.6 Å². The number of nitrogens with zero attached hydrogens (tertiary/aromatic N) is 2. The van der Waals surface area contributed by atoms with Gasteiger partial charge in [0.15, 0.2) is 0 Å². The van der Waals surface area contributed by atoms with Crippen LogP contribution in [0.3, 0.4) is 0 Å². The number of ether oxygens (including phenoxy) is 1. The summed E-state index contributed by atoms with van der Waals surface area (Å²) < 4.78 is 33.6. The van der Waals surface area contributed by atoms with E-state index in [2.05, 4.69) is 18.7 Å². The van der Waals surface area contributed by atoms with E-state index in [0.717, 1.165) is 19.2 Å². The Morgan fingerprint density at radius 2 is 1.81 bits per heavy atom. The van der Waals surface area contributed by atoms with Crippen LogP contribution in [0.4, 0.5) is 8.78 Å². The smallest absolute Gasteiger partial charge is 0.257 e. The fourth-order valence-electron chi connectivity index (χ4n) is 3.89. The minimum absolute atomic E-state index is 0.0293. The molecule has 2 aliphatic heterocycles. The maximum absolute atomic E-state index is 14.2. The molecule has 142 valence electrons. The van der Waals surface area contributed by atoms with E-state index in [0.29, 0.717) is 22.9 Å². The van der Waals surface area contributed by atoms with Gasteiger partial charge in [-0.15, -0.1) is 0 Å². The van der Waals surface area contributed by atoms with Gasteiger partial charge >= 0.3 is 0 Å². The lowest BCUT2D eigenvalue weighted by Gasteiger charge is -2.25. The number of rotatable bonds is 2. The molecule has 2 aromatic rings. The molecule has 0 radical (unpaired) electrons. The van der Waals surface area contributed by atoms with Crippen LogP contribution in [0.1, 0.15) is 24.2 Å². The predicted octanol–water partition coefficient (Wildman–Crippen LogP) is 3.56. The highest BCUT2D eigenvalue weighted by molar-refractivity contribution is 5.98. The zero-order valence-corrected chi connectivity index (χ0v) is 15.6. The first-order chi connectivity index (χ1) is 12.8. The summed E-state index contributed by atoms with van der Waals surface area (Å²) in [6, 6.07) is 8.82. The highest BCUT2D eigenvalue weighted by Crippen LogP contribution is 2.35. The number of carbonyl (C=O) groups is 1. The Hall–Kier alpha value is -2.47. The van der Waals surface area contributed by atoms with Crippen LogP contribution in [-0.2, 0) is 0 Å². The normalized spacial score (nSPS) is 22.4. The Morgan fingerprint density at radius 3 is 2.52 bits per heavy atom. The Labute approximate surface area is 157 Å². The Balaban J connectivity index is 1.73. The van der Waals surface area contributed by atoms with Crippen molar-refractivity contribution in [1.82, 2.24) is 9.80 Å². The highest BCUT2D eigenvalue weighted by atomic mass is 19.1. The Bertz CT molecular complexity index is 900. The van der Waals surface area contributed by atoms with Gasteiger partial charge in [-0.2, -0.15) is 0 Å². The molecule has 2 heterocycles. The number of benzene rings is 2. The fraction of sp³-hybridized carbons (Fsp3) is 0.381. The van der Waals surface area contributed by atoms with Crippen molar-refractivity contribution in [3.05, 3.63) is 53.6 Å². The number of carbonyl (C=O) groups excluding carboxylic acids is 1. The van der Waals surface area contributed by atoms with E-state index < -0.39 is 11.6 Å². The average Bonchev–Trinajstić information content (AvgIpc) is 3.01. The summed E-state index contributed by atoms with van der Waals surface area (Å²) in [6.07, 6.45) is -0.143. The molecule has 2 atom stereocenters. The summed E-state index contributed by atoms with van der Waals surface area (Å²) >= 11 is 0. The van der Waals surface area contributed by atoms with Crippen LogP contribution in [0.2, 0.25) is 0 Å². The predicted molar refractivity (Wildman–Crippen MR) is 98.8 cm³/mol. The van der Waals surface area contributed by atoms with Gasteiger partial charge in [0.1, 0.15) is 23.5 Å². The monoisotopic (exact) mass is 372 g/mol. The van der Waals surface area contributed by atoms with Crippen molar-refractivity contribution in [1.29, 1.82) is 0 Å². The second-order valence-corrected chi connectivity index (χ2v) is 7.52. The zero-order valence-electron chi connectivity index (χ0n) is 15.6. The molecule has 0 aliphatic carbocycles. The zero-order chi connectivity index (χ0) is 19.3. The number of likely N-dealkylation sites (N-methyl/N-ethyl adjacent to an activating group) is 1. The molecule has 0 N–H and O–H groups in total. The van der Waals surface area contributed by atoms with Crippen molar-refractivity contribution in [2.75, 3.05) is 20.1 Å². The number of hydrogen-bond donors (Lipinski definition) is 0. The average molecular weight is 372 g/mol. The quantitative estimate of drug-likeness (QED) is 0.808. The highest BCUT2D eigenvalue weighted by Gasteiger charge is 2.42. The SMILES string of the molecule is CC(C)N1C[C@@H]2Oc3cc(-c4ccc(F)cc4F)ccc3C(=O)N(C)[C@@H]2C1. The molecular formula is C21H22F2N2O2. The van der Waals surface area contributed by atoms with Crippen molar-refractivity contribution in [3.63, 3.8) is 0 Å². The number of amides is 1. The van der Waals surface area contributed by atoms with Crippen LogP contribution in [0.15, 0.2) is 36.4 Å². The lowest BCUT2D eigenvalue weighted by atomic mass is 10.0. The van der Waals surface area contributed by atoms with Crippen LogP contribution < -0.4 is 4.74 Å². The first-order valence-corrected chi connectivity index (χ1v) is 9.12. The molecular weight excluding hydrogens is 350 g/mol. The summed E-state index contributed by atoms with van der Waals surface area (Å²) in [5.41, 5.74) is 1.30. The van der Waals surface area contributed by atoms with Crippen molar-refractivity contribution < 1.29 is 18.3 Å². The lowest BCUT2D eigenvalue weighted by molar-refractivity contribution is 0.0681. The Kier molecular flexibility index (Phi) is 4.38. The molecule has 1 fully saturated rings. The van der Waals surface area contributed by atoms with Gasteiger partial charge in [-0.25, -0.2) is 8.78 Å². The van der Waals surface area contributed by atoms with Crippen LogP contribution in [0, 0.1) is 11.6 Å². The Morgan fingerprint density at radius 1 is 1.07 bits per heavy atom. The maximum Gasteiger partial charge on any atom is 0.257 e. The molecule has 2 aromatic carbocycles. The van der Waals surface area contributed by atoms with Crippen molar-refractivity contribution in [2.24, 2.45) is 0 Å². The molecule has 4 nitrogen and oxygen atoms in total. The molecule has 27 heavy (non-hydrogen) atoms. The van der Waals surface area contributed by atoms with Crippen LogP contribution in [0.25, 0.3) is 11.1 Å². The van der Waals surface area contributed by atoms with Gasteiger partial charge < -0.3 is 9.64 Å². The van der Waals surface area contributed by atoms with Crippen molar-refractivity contribution in [3.8, 4) is 16.9 Å². The topological polar surface area (TPSA) is 32.8 Å². The molecule has 1 amide bonds. The van der Waals surface area contributed by atoms with E-state index in [1.54, 1.807) is 30.1 Å². The summed E-state index contributed by atoms with van der Waals surface area (Å²) in [5, 5.41) is 0. The summed E-state index contributed by atoms with van der Waals surface area (Å²) in [7, 11) is 1.80. The number of hydrogen-bond acceptors (Lipinski definition) is 3. The first kappa shape index (κ1) is 17.9. The first-order valence-electron chi connectivity index (χ1n) is 9.12. The number of halogens is 2. The van der Waals surface area contributed by atoms with E-state index in [1.807, 2.05) is 0 Å². The molecule has 0 aromatic heterocycles. The van der Waals surface area contributed by atoms with Gasteiger partial charge in [0.25, 0.3) is 5.91 Å². The van der Waals surface area contributed by atoms with Gasteiger partial charge in [-0.05, 0) is 43.7 Å². The fourth-order valence-corrected chi connectivity index (χ4v) is 3.89. The van der Waals surface area contributed by atoms with E-state index >= 15 is 0 Å². The van der Waals surface area contributed by atoms with Gasteiger partial charge in [0, 0.05) is 37.8 Å². The minimum Gasteiger partial charge on any atom is -0.486 e. The molecule has 6 heteroatoms. The molecule has 0 unspecified atom stereocenters. The molecule has 1 saturated heterocycles. The number of likely N-dealkylation sites (tertiary alicyclic amines) is 1. The molecule has 0 spiro atoms. The third-order valence-corrected chi connectivity index (χ3v) is 5.55. The third-order valence-electron chi connectivity index (χ3n) is 5.55. The molecule has 2 aliphatic rings. The van der Waals surface area contributed by atoms with Crippen LogP contribution in [-0.4, -0.2) is 54.0 Å². The van der Waals surface area contributed by atoms with Gasteiger partial charge in [0.05, 0.1) is 11.6 Å². The van der Waals surface area contributed by atoms with E-state index in [1.165, 1.54) is 12.1 Å². The standard InChI is InChI=1S/C21H22F2N2O2/c1-12(2)25-10-18-20(11-25)27-19-8-13(4-6-16(19)21(26)24(18)3)15-7-5-14(22)9-17(15)23/h4-9,12,18,20H,10-11H2,1-3H3/t18-,20+/m1/s1. The van der Waals surface area contributed by atoms with E-state index in [-0.39, 0.29) is 23.6 Å². The lowest BCUT2D eigenvalue weighted by Crippen LogP contribution is -2.44. The summed E-state index contributed by atoms with van der Waals surface area (Å²) in [5.74, 6) is -0.918. The van der Waals surface area contributed by atoms with E-state index in [4.69, 9.17) is 4.74 Å². The van der Waals surface area contributed by atoms with Gasteiger partial charge in [0.2, 0.25) is 0 Å². The molecule has 0 saturated carbocycles. The minimum atomic E-state index is -0.642. The van der Waals surface area contributed by atoms with Crippen molar-refractivity contribution >= 4 is 5.91 Å². The van der Waals surface area contributed by atoms with Crippen LogP contribution in [0.5, 0.6) is 5.75 Å². The molecule has 0 bridgehead atoms. The largest absolute Gasteiger partial charge is 0.486 e. The van der Waals surface area contributed by atoms with Crippen LogP contribution >= 0.6 is 0 Å². The maximum atomic E-state index is 14.2. The second-order valence-electron chi connectivity index (χ2n) is 7.52. The summed E-state index contributed by atoms with van der Waals surface area (Å²) in [6.45, 7) is 5.74. The number of fused-ring (bicyclic) bond motifs is 2. The van der Waals surface area contributed by atoms with Crippen molar-refractivity contribution in [2.45, 2.75) is 32.0 Å². The van der Waals surface area contributed by atoms with Gasteiger partial charge in [-0.1, -0.05) is 6.07 Å². The molecule has 4 rings (SSSR count).